The second-order valence-corrected chi connectivity index (χ2v) is 5.70. The van der Waals surface area contributed by atoms with Gasteiger partial charge >= 0.3 is 29.6 Å². The number of amides is 2. The van der Waals surface area contributed by atoms with E-state index in [9.17, 15) is 19.5 Å². The molecule has 0 spiro atoms. The Balaban J connectivity index is 0.00000156. The molecular formula is C15H13N2NaO5. The van der Waals surface area contributed by atoms with Gasteiger partial charge in [-0.2, -0.15) is 0 Å². The number of aliphatic carboxylic acids is 1. The molecule has 3 fully saturated rings. The summed E-state index contributed by atoms with van der Waals surface area (Å²) in [6, 6.07) is 6.75. The number of hydrogen-bond acceptors (Lipinski definition) is 5. The number of fused-ring (bicyclic) bond motifs is 1. The number of β-lactam (4-membered cyclic amide) rings is 1. The van der Waals surface area contributed by atoms with Gasteiger partial charge in [0.05, 0.1) is 25.0 Å². The number of hydrogen-bond donors (Lipinski definition) is 0. The summed E-state index contributed by atoms with van der Waals surface area (Å²) in [6.45, 7) is 0.338. The Kier molecular flexibility index (Phi) is 4.22. The fourth-order valence-corrected chi connectivity index (χ4v) is 3.26. The van der Waals surface area contributed by atoms with Gasteiger partial charge in [-0.15, -0.1) is 0 Å². The summed E-state index contributed by atoms with van der Waals surface area (Å²) >= 11 is 0. The zero-order valence-corrected chi connectivity index (χ0v) is 14.5. The maximum Gasteiger partial charge on any atom is 1.00 e. The standard InChI is InChI=1S/C15H14N2O5.Na/c18-10-6-11-16(10)7-9(22-11)13-14(19)17(13)12(15(20)21)8-4-2-1-3-5-8;/h1-5,9,11-13H,6-7H2,(H,20,21);/q;+1/p-1/t9?,11-,12?,13?,17?;/m1./s1. The van der Waals surface area contributed by atoms with Crippen LogP contribution in [0.15, 0.2) is 30.3 Å². The molecule has 23 heavy (non-hydrogen) atoms. The smallest absolute Gasteiger partial charge is 0.548 e. The molecule has 7 nitrogen and oxygen atoms in total. The van der Waals surface area contributed by atoms with Gasteiger partial charge in [0, 0.05) is 0 Å². The molecule has 3 heterocycles. The number of ether oxygens (including phenoxy) is 1. The van der Waals surface area contributed by atoms with Crippen molar-refractivity contribution in [3.05, 3.63) is 35.9 Å². The summed E-state index contributed by atoms with van der Waals surface area (Å²) in [7, 11) is 0. The third-order valence-corrected chi connectivity index (χ3v) is 4.43. The summed E-state index contributed by atoms with van der Waals surface area (Å²) in [5.74, 6) is -1.59. The zero-order chi connectivity index (χ0) is 15.4. The van der Waals surface area contributed by atoms with Crippen LogP contribution < -0.4 is 34.7 Å². The summed E-state index contributed by atoms with van der Waals surface area (Å²) in [5.41, 5.74) is 0.496. The van der Waals surface area contributed by atoms with Crippen molar-refractivity contribution in [2.45, 2.75) is 30.8 Å². The molecule has 0 aromatic heterocycles. The van der Waals surface area contributed by atoms with Crippen LogP contribution in [0.4, 0.5) is 0 Å². The summed E-state index contributed by atoms with van der Waals surface area (Å²) in [4.78, 5) is 37.8. The number of carboxylic acid groups (broad SMARTS) is 1. The molecule has 3 saturated heterocycles. The summed E-state index contributed by atoms with van der Waals surface area (Å²) in [5, 5.41) is 11.5. The van der Waals surface area contributed by atoms with Crippen LogP contribution in [-0.2, 0) is 19.1 Å². The number of rotatable bonds is 4. The average molecular weight is 324 g/mol. The van der Waals surface area contributed by atoms with Crippen LogP contribution in [0.1, 0.15) is 18.0 Å². The first-order valence-electron chi connectivity index (χ1n) is 7.11. The molecule has 2 amide bonds. The maximum atomic E-state index is 12.1. The Bertz CT molecular complexity index is 667. The van der Waals surface area contributed by atoms with Crippen LogP contribution >= 0.6 is 0 Å². The summed E-state index contributed by atoms with van der Waals surface area (Å²) < 4.78 is 5.65. The normalized spacial score (nSPS) is 29.5. The van der Waals surface area contributed by atoms with Gasteiger partial charge in [0.25, 0.3) is 0 Å². The third-order valence-electron chi connectivity index (χ3n) is 4.43. The first-order valence-corrected chi connectivity index (χ1v) is 7.11. The van der Waals surface area contributed by atoms with E-state index in [1.165, 1.54) is 4.90 Å². The Morgan fingerprint density at radius 1 is 1.26 bits per heavy atom. The minimum Gasteiger partial charge on any atom is -0.548 e. The average Bonchev–Trinajstić information content (AvgIpc) is 3.00. The number of benzene rings is 1. The second-order valence-electron chi connectivity index (χ2n) is 5.70. The van der Waals surface area contributed by atoms with E-state index in [0.29, 0.717) is 18.5 Å². The Morgan fingerprint density at radius 2 is 1.96 bits per heavy atom. The molecule has 1 aromatic carbocycles. The fraction of sp³-hybridized carbons (Fsp3) is 0.400. The quantitative estimate of drug-likeness (QED) is 0.317. The van der Waals surface area contributed by atoms with Gasteiger partial charge < -0.3 is 24.4 Å². The van der Waals surface area contributed by atoms with Crippen molar-refractivity contribution < 1.29 is 53.8 Å². The van der Waals surface area contributed by atoms with Crippen molar-refractivity contribution >= 4 is 17.8 Å². The molecule has 1 aromatic rings. The Hall–Kier alpha value is -1.41. The predicted molar refractivity (Wildman–Crippen MR) is 69.8 cm³/mol. The van der Waals surface area contributed by atoms with Crippen LogP contribution in [0.5, 0.6) is 0 Å². The van der Waals surface area contributed by atoms with Gasteiger partial charge in [-0.3, -0.25) is 9.59 Å². The molecule has 3 unspecified atom stereocenters. The van der Waals surface area contributed by atoms with Crippen molar-refractivity contribution in [1.82, 2.24) is 9.80 Å². The maximum absolute atomic E-state index is 12.1. The third kappa shape index (κ3) is 2.57. The van der Waals surface area contributed by atoms with E-state index in [0.717, 1.165) is 0 Å². The van der Waals surface area contributed by atoms with E-state index in [4.69, 9.17) is 4.74 Å². The van der Waals surface area contributed by atoms with Crippen LogP contribution in [0, 0.1) is 0 Å². The largest absolute Gasteiger partial charge is 1.00 e. The van der Waals surface area contributed by atoms with Crippen molar-refractivity contribution in [2.24, 2.45) is 0 Å². The SMILES string of the molecule is O=C([O-])C(c1ccccc1)N1C(=O)C1C1CN2C(=O)C[C@H]2O1.[Na+]. The van der Waals surface area contributed by atoms with E-state index in [1.807, 2.05) is 0 Å². The Labute approximate surface area is 154 Å². The van der Waals surface area contributed by atoms with Crippen molar-refractivity contribution in [1.29, 1.82) is 0 Å². The topological polar surface area (TPSA) is 89.8 Å². The van der Waals surface area contributed by atoms with Crippen LogP contribution in [0.2, 0.25) is 0 Å². The molecule has 3 aliphatic rings. The van der Waals surface area contributed by atoms with E-state index >= 15 is 0 Å². The number of nitrogens with zero attached hydrogens (tertiary/aromatic N) is 2. The van der Waals surface area contributed by atoms with Crippen molar-refractivity contribution in [2.75, 3.05) is 6.54 Å². The number of carbonyl (C=O) groups is 3. The van der Waals surface area contributed by atoms with E-state index in [2.05, 4.69) is 0 Å². The van der Waals surface area contributed by atoms with Crippen molar-refractivity contribution in [3.63, 3.8) is 0 Å². The van der Waals surface area contributed by atoms with Crippen LogP contribution in [0.3, 0.4) is 0 Å². The van der Waals surface area contributed by atoms with E-state index < -0.39 is 24.2 Å². The first kappa shape index (κ1) is 16.4. The van der Waals surface area contributed by atoms with Gasteiger partial charge in [0.15, 0.2) is 0 Å². The minimum absolute atomic E-state index is 0. The molecule has 4 atom stereocenters. The number of carboxylic acids is 1. The van der Waals surface area contributed by atoms with Crippen LogP contribution in [0.25, 0.3) is 0 Å². The van der Waals surface area contributed by atoms with Gasteiger partial charge in [0.2, 0.25) is 11.8 Å². The molecule has 0 saturated carbocycles. The molecule has 0 bridgehead atoms. The predicted octanol–water partition coefficient (Wildman–Crippen LogP) is -4.35. The van der Waals surface area contributed by atoms with E-state index in [1.54, 1.807) is 35.2 Å². The first-order chi connectivity index (χ1) is 10.6. The molecule has 114 valence electrons. The Morgan fingerprint density at radius 3 is 2.52 bits per heavy atom. The monoisotopic (exact) mass is 324 g/mol. The molecular weight excluding hydrogens is 311 g/mol. The van der Waals surface area contributed by atoms with Gasteiger partial charge in [0.1, 0.15) is 18.4 Å². The molecule has 0 N–H and O–H groups in total. The zero-order valence-electron chi connectivity index (χ0n) is 12.5. The minimum atomic E-state index is -1.32. The van der Waals surface area contributed by atoms with Gasteiger partial charge in [-0.05, 0) is 5.56 Å². The van der Waals surface area contributed by atoms with E-state index in [-0.39, 0.29) is 47.6 Å². The molecule has 4 rings (SSSR count). The molecule has 0 radical (unpaired) electrons. The van der Waals surface area contributed by atoms with Crippen molar-refractivity contribution in [3.8, 4) is 0 Å². The summed E-state index contributed by atoms with van der Waals surface area (Å²) in [6.07, 6.45) is -0.389. The molecule has 8 heteroatoms. The van der Waals surface area contributed by atoms with Gasteiger partial charge in [-0.1, -0.05) is 30.3 Å². The second kappa shape index (κ2) is 5.90. The molecule has 3 aliphatic heterocycles. The number of carbonyl (C=O) groups excluding carboxylic acids is 3. The van der Waals surface area contributed by atoms with Crippen LogP contribution in [-0.4, -0.2) is 52.5 Å². The fourth-order valence-electron chi connectivity index (χ4n) is 3.26. The molecule has 0 aliphatic carbocycles. The van der Waals surface area contributed by atoms with Gasteiger partial charge in [-0.25, -0.2) is 0 Å².